The van der Waals surface area contributed by atoms with Crippen LogP contribution in [-0.2, 0) is 10.1 Å². The van der Waals surface area contributed by atoms with Gasteiger partial charge in [-0.2, -0.15) is 8.42 Å². The lowest BCUT2D eigenvalue weighted by Gasteiger charge is -2.10. The fraction of sp³-hybridized carbons (Fsp3) is 0.933. The van der Waals surface area contributed by atoms with Crippen LogP contribution in [0.15, 0.2) is 0 Å². The second kappa shape index (κ2) is 11.7. The van der Waals surface area contributed by atoms with E-state index in [-0.39, 0.29) is 12.8 Å². The molecule has 0 bridgehead atoms. The lowest BCUT2D eigenvalue weighted by atomic mass is 10.0. The van der Waals surface area contributed by atoms with Crippen LogP contribution in [-0.4, -0.2) is 18.2 Å². The van der Waals surface area contributed by atoms with Crippen molar-refractivity contribution in [3.05, 3.63) is 6.92 Å². The molecule has 1 unspecified atom stereocenters. The summed E-state index contributed by atoms with van der Waals surface area (Å²) in [7, 11) is -4.32. The third-order valence-corrected chi connectivity index (χ3v) is 4.59. The lowest BCUT2D eigenvalue weighted by molar-refractivity contribution is 0.455. The summed E-state index contributed by atoms with van der Waals surface area (Å²) in [6.45, 7) is 5.67. The molecular weight excluding hydrogens is 260 g/mol. The molecule has 0 fully saturated rings. The van der Waals surface area contributed by atoms with E-state index in [1.807, 2.05) is 0 Å². The van der Waals surface area contributed by atoms with Gasteiger partial charge < -0.3 is 0 Å². The molecule has 3 nitrogen and oxygen atoms in total. The van der Waals surface area contributed by atoms with Crippen LogP contribution < -0.4 is 0 Å². The molecule has 0 aromatic carbocycles. The Balaban J connectivity index is 3.57. The molecule has 0 spiro atoms. The summed E-state index contributed by atoms with van der Waals surface area (Å²) < 4.78 is 39.0. The van der Waals surface area contributed by atoms with E-state index in [0.717, 1.165) is 12.8 Å². The molecule has 0 aromatic heterocycles. The highest BCUT2D eigenvalue weighted by Crippen LogP contribution is 2.15. The van der Waals surface area contributed by atoms with Crippen molar-refractivity contribution < 1.29 is 14.3 Å². The summed E-state index contributed by atoms with van der Waals surface area (Å²) in [6, 6.07) is 0. The standard InChI is InChI=1S/C15H31O3S/c1-3-5-6-7-8-9-10-11-12-13-14-15(4-2)19(16,17)18/h15H,2-14H2,1H3,(H,16,17,18)/i15D. The molecular formula is C15H31O3S. The molecule has 4 heteroatoms. The van der Waals surface area contributed by atoms with Crippen LogP contribution in [0.25, 0.3) is 0 Å². The topological polar surface area (TPSA) is 54.4 Å². The quantitative estimate of drug-likeness (QED) is 0.392. The van der Waals surface area contributed by atoms with Gasteiger partial charge in [0.25, 0.3) is 10.1 Å². The molecule has 0 heterocycles. The molecule has 1 radical (unpaired) electrons. The molecule has 0 saturated heterocycles. The fourth-order valence-electron chi connectivity index (χ4n) is 2.19. The van der Waals surface area contributed by atoms with Gasteiger partial charge in [0.2, 0.25) is 0 Å². The van der Waals surface area contributed by atoms with Crippen LogP contribution in [0.4, 0.5) is 0 Å². The minimum atomic E-state index is -4.32. The zero-order valence-corrected chi connectivity index (χ0v) is 13.2. The van der Waals surface area contributed by atoms with Crippen molar-refractivity contribution in [1.29, 1.82) is 0 Å². The third-order valence-electron chi connectivity index (χ3n) is 3.45. The summed E-state index contributed by atoms with van der Waals surface area (Å²) in [5.74, 6) is 0. The van der Waals surface area contributed by atoms with Crippen molar-refractivity contribution >= 4 is 10.1 Å². The van der Waals surface area contributed by atoms with Gasteiger partial charge in [0.1, 0.15) is 0 Å². The largest absolute Gasteiger partial charge is 0.285 e. The maximum atomic E-state index is 11.1. The Morgan fingerprint density at radius 1 is 1.00 bits per heavy atom. The van der Waals surface area contributed by atoms with E-state index < -0.39 is 15.3 Å². The average molecular weight is 292 g/mol. The SMILES string of the molecule is [2H]C(C[CH2])(CCCCCCCCCCCC)S(=O)(=O)O. The third kappa shape index (κ3) is 11.4. The van der Waals surface area contributed by atoms with Gasteiger partial charge in [-0.05, 0) is 12.8 Å². The van der Waals surface area contributed by atoms with Crippen LogP contribution >= 0.6 is 0 Å². The number of rotatable bonds is 13. The molecule has 19 heavy (non-hydrogen) atoms. The Hall–Kier alpha value is -0.0900. The number of hydrogen-bond donors (Lipinski definition) is 1. The summed E-state index contributed by atoms with van der Waals surface area (Å²) in [5, 5.41) is -1.81. The molecule has 0 rings (SSSR count). The van der Waals surface area contributed by atoms with Gasteiger partial charge >= 0.3 is 0 Å². The first-order chi connectivity index (χ1) is 9.37. The van der Waals surface area contributed by atoms with Crippen molar-refractivity contribution in [1.82, 2.24) is 0 Å². The van der Waals surface area contributed by atoms with Crippen LogP contribution in [0.1, 0.15) is 85.3 Å². The second-order valence-electron chi connectivity index (χ2n) is 5.20. The number of unbranched alkanes of at least 4 members (excludes halogenated alkanes) is 9. The summed E-state index contributed by atoms with van der Waals surface area (Å²) in [5.41, 5.74) is 0. The molecule has 0 saturated carbocycles. The maximum Gasteiger partial charge on any atom is 0.267 e. The normalized spacial score (nSPS) is 16.1. The molecule has 0 aliphatic carbocycles. The Kier molecular flexibility index (Phi) is 10.5. The van der Waals surface area contributed by atoms with Gasteiger partial charge in [0.05, 0.1) is 5.23 Å². The summed E-state index contributed by atoms with van der Waals surface area (Å²) in [4.78, 5) is 0. The van der Waals surface area contributed by atoms with E-state index in [0.29, 0.717) is 6.42 Å². The van der Waals surface area contributed by atoms with E-state index in [2.05, 4.69) is 13.8 Å². The van der Waals surface area contributed by atoms with E-state index in [1.165, 1.54) is 44.9 Å². The smallest absolute Gasteiger partial charge is 0.267 e. The van der Waals surface area contributed by atoms with Gasteiger partial charge in [0.15, 0.2) is 0 Å². The van der Waals surface area contributed by atoms with E-state index in [9.17, 15) is 8.42 Å². The molecule has 0 amide bonds. The molecule has 0 aromatic rings. The van der Waals surface area contributed by atoms with Crippen molar-refractivity contribution in [2.45, 2.75) is 89.2 Å². The second-order valence-corrected chi connectivity index (χ2v) is 6.72. The lowest BCUT2D eigenvalue weighted by Crippen LogP contribution is -2.19. The van der Waals surface area contributed by atoms with Gasteiger partial charge in [-0.3, -0.25) is 4.55 Å². The first-order valence-corrected chi connectivity index (χ1v) is 9.07. The summed E-state index contributed by atoms with van der Waals surface area (Å²) >= 11 is 0. The van der Waals surface area contributed by atoms with E-state index in [4.69, 9.17) is 5.92 Å². The zero-order valence-electron chi connectivity index (χ0n) is 13.4. The van der Waals surface area contributed by atoms with Crippen LogP contribution in [0.3, 0.4) is 0 Å². The Morgan fingerprint density at radius 3 is 1.79 bits per heavy atom. The fourth-order valence-corrected chi connectivity index (χ4v) is 2.85. The van der Waals surface area contributed by atoms with E-state index in [1.54, 1.807) is 0 Å². The molecule has 115 valence electrons. The molecule has 0 aliphatic rings. The van der Waals surface area contributed by atoms with Crippen LogP contribution in [0, 0.1) is 6.92 Å². The minimum absolute atomic E-state index is 0.108. The highest BCUT2D eigenvalue weighted by Gasteiger charge is 2.19. The molecule has 1 N–H and O–H groups in total. The van der Waals surface area contributed by atoms with Crippen molar-refractivity contribution in [3.63, 3.8) is 0 Å². The Bertz CT molecular complexity index is 330. The van der Waals surface area contributed by atoms with Crippen LogP contribution in [0.5, 0.6) is 0 Å². The van der Waals surface area contributed by atoms with Crippen molar-refractivity contribution in [2.24, 2.45) is 0 Å². The number of hydrogen-bond acceptors (Lipinski definition) is 2. The highest BCUT2D eigenvalue weighted by atomic mass is 32.2. The molecule has 1 atom stereocenters. The first kappa shape index (κ1) is 17.0. The molecule has 0 aliphatic heterocycles. The average Bonchev–Trinajstić information content (AvgIpc) is 2.39. The summed E-state index contributed by atoms with van der Waals surface area (Å²) in [6.07, 6.45) is 11.7. The van der Waals surface area contributed by atoms with Crippen LogP contribution in [0.2, 0.25) is 0 Å². The Morgan fingerprint density at radius 2 is 1.42 bits per heavy atom. The van der Waals surface area contributed by atoms with Gasteiger partial charge in [0, 0.05) is 1.37 Å². The van der Waals surface area contributed by atoms with Crippen molar-refractivity contribution in [2.75, 3.05) is 0 Å². The van der Waals surface area contributed by atoms with E-state index >= 15 is 0 Å². The van der Waals surface area contributed by atoms with Gasteiger partial charge in [-0.15, -0.1) is 0 Å². The monoisotopic (exact) mass is 292 g/mol. The Labute approximate surface area is 121 Å². The minimum Gasteiger partial charge on any atom is -0.285 e. The first-order valence-electron chi connectivity index (χ1n) is 8.13. The maximum absolute atomic E-state index is 11.1. The highest BCUT2D eigenvalue weighted by molar-refractivity contribution is 7.86. The predicted molar refractivity (Wildman–Crippen MR) is 81.8 cm³/mol. The van der Waals surface area contributed by atoms with Gasteiger partial charge in [-0.1, -0.05) is 78.1 Å². The van der Waals surface area contributed by atoms with Crippen molar-refractivity contribution in [3.8, 4) is 0 Å². The zero-order chi connectivity index (χ0) is 15.5. The van der Waals surface area contributed by atoms with Gasteiger partial charge in [-0.25, -0.2) is 0 Å². The predicted octanol–water partition coefficient (Wildman–Crippen LogP) is 4.78.